The van der Waals surface area contributed by atoms with Crippen LogP contribution in [0.5, 0.6) is 0 Å². The first-order valence-electron chi connectivity index (χ1n) is 8.74. The van der Waals surface area contributed by atoms with Crippen molar-refractivity contribution >= 4 is 51.0 Å². The Kier molecular flexibility index (Phi) is 6.07. The van der Waals surface area contributed by atoms with E-state index >= 15 is 0 Å². The van der Waals surface area contributed by atoms with Gasteiger partial charge >= 0.3 is 0 Å². The molecule has 1 aliphatic rings. The highest BCUT2D eigenvalue weighted by Gasteiger charge is 2.23. The number of carbonyl (C=O) groups excluding carboxylic acids is 1. The first kappa shape index (κ1) is 20.2. The number of hydrogen-bond donors (Lipinski definition) is 1. The molecule has 9 heteroatoms. The molecule has 3 aromatic rings. The Labute approximate surface area is 183 Å². The first-order valence-corrected chi connectivity index (χ1v) is 11.5. The highest BCUT2D eigenvalue weighted by molar-refractivity contribution is 9.10. The number of hydrogen-bond acceptors (Lipinski definition) is 5. The highest BCUT2D eigenvalue weighted by atomic mass is 79.9. The van der Waals surface area contributed by atoms with Crippen molar-refractivity contribution in [3.05, 3.63) is 74.9 Å². The molecule has 0 saturated heterocycles. The largest absolute Gasteiger partial charge is 0.325 e. The third-order valence-electron chi connectivity index (χ3n) is 4.19. The van der Waals surface area contributed by atoms with Gasteiger partial charge in [0.2, 0.25) is 5.91 Å². The smallest absolute Gasteiger partial charge is 0.272 e. The Morgan fingerprint density at radius 1 is 1.28 bits per heavy atom. The van der Waals surface area contributed by atoms with Crippen molar-refractivity contribution in [1.82, 2.24) is 9.55 Å². The molecule has 5 nitrogen and oxygen atoms in total. The maximum atomic E-state index is 13.3. The molecule has 0 spiro atoms. The third kappa shape index (κ3) is 4.57. The fourth-order valence-corrected chi connectivity index (χ4v) is 5.02. The number of nitrogens with zero attached hydrogens (tertiary/aromatic N) is 2. The predicted octanol–water partition coefficient (Wildman–Crippen LogP) is 4.51. The van der Waals surface area contributed by atoms with Gasteiger partial charge in [-0.25, -0.2) is 9.37 Å². The molecule has 0 bridgehead atoms. The number of aromatic nitrogens is 2. The van der Waals surface area contributed by atoms with Crippen LogP contribution in [0.3, 0.4) is 0 Å². The molecular weight excluding hydrogens is 477 g/mol. The molecule has 29 heavy (non-hydrogen) atoms. The van der Waals surface area contributed by atoms with Gasteiger partial charge in [-0.05, 0) is 42.5 Å². The molecule has 0 saturated carbocycles. The Hall–Kier alpha value is -2.10. The average molecular weight is 492 g/mol. The topological polar surface area (TPSA) is 64.0 Å². The summed E-state index contributed by atoms with van der Waals surface area (Å²) < 4.78 is 15.7. The maximum Gasteiger partial charge on any atom is 0.272 e. The number of benzene rings is 2. The van der Waals surface area contributed by atoms with E-state index in [9.17, 15) is 14.0 Å². The Balaban J connectivity index is 1.61. The lowest BCUT2D eigenvalue weighted by atomic mass is 10.3. The molecule has 0 unspecified atom stereocenters. The quantitative estimate of drug-likeness (QED) is 0.420. The van der Waals surface area contributed by atoms with E-state index in [1.165, 1.54) is 41.7 Å². The van der Waals surface area contributed by atoms with Gasteiger partial charge in [0.05, 0.1) is 22.0 Å². The monoisotopic (exact) mass is 491 g/mol. The molecule has 1 N–H and O–H groups in total. The molecule has 1 amide bonds. The molecule has 2 aromatic carbocycles. The first-order chi connectivity index (χ1) is 14.0. The van der Waals surface area contributed by atoms with Gasteiger partial charge in [-0.3, -0.25) is 14.2 Å². The van der Waals surface area contributed by atoms with Crippen molar-refractivity contribution in [2.24, 2.45) is 0 Å². The lowest BCUT2D eigenvalue weighted by molar-refractivity contribution is -0.113. The minimum absolute atomic E-state index is 0.0470. The van der Waals surface area contributed by atoms with Gasteiger partial charge in [-0.2, -0.15) is 0 Å². The van der Waals surface area contributed by atoms with Gasteiger partial charge in [-0.15, -0.1) is 11.8 Å². The van der Waals surface area contributed by atoms with Crippen LogP contribution in [0.2, 0.25) is 0 Å². The van der Waals surface area contributed by atoms with E-state index < -0.39 is 5.82 Å². The SMILES string of the molecule is O=C(CSc1nc2c(c(=O)n1-c1ccc(Br)cc1)SCC2)Nc1cccc(F)c1. The predicted molar refractivity (Wildman–Crippen MR) is 118 cm³/mol. The average Bonchev–Trinajstić information content (AvgIpc) is 3.16. The second-order valence-corrected chi connectivity index (χ2v) is 9.20. The van der Waals surface area contributed by atoms with E-state index in [1.807, 2.05) is 24.3 Å². The maximum absolute atomic E-state index is 13.3. The van der Waals surface area contributed by atoms with E-state index in [2.05, 4.69) is 26.2 Å². The number of aryl methyl sites for hydroxylation is 1. The standard InChI is InChI=1S/C20H15BrFN3O2S2/c21-12-4-6-15(7-5-12)25-19(27)18-16(8-9-28-18)24-20(25)29-11-17(26)23-14-3-1-2-13(22)10-14/h1-7,10H,8-9,11H2,(H,23,26). The molecule has 0 aliphatic carbocycles. The summed E-state index contributed by atoms with van der Waals surface area (Å²) in [5.74, 6) is 0.154. The summed E-state index contributed by atoms with van der Waals surface area (Å²) in [7, 11) is 0. The summed E-state index contributed by atoms with van der Waals surface area (Å²) in [5, 5.41) is 3.13. The zero-order valence-corrected chi connectivity index (χ0v) is 18.2. The number of halogens is 2. The number of thioether (sulfide) groups is 2. The van der Waals surface area contributed by atoms with Gasteiger partial charge in [0, 0.05) is 22.3 Å². The molecule has 0 radical (unpaired) electrons. The molecule has 1 aliphatic heterocycles. The van der Waals surface area contributed by atoms with Crippen LogP contribution in [0.1, 0.15) is 5.69 Å². The highest BCUT2D eigenvalue weighted by Crippen LogP contribution is 2.30. The van der Waals surface area contributed by atoms with Gasteiger partial charge in [0.15, 0.2) is 5.16 Å². The minimum atomic E-state index is -0.419. The third-order valence-corrected chi connectivity index (χ3v) is 6.77. The summed E-state index contributed by atoms with van der Waals surface area (Å²) in [5.41, 5.74) is 1.74. The normalized spacial score (nSPS) is 12.6. The van der Waals surface area contributed by atoms with Crippen LogP contribution < -0.4 is 10.9 Å². The lowest BCUT2D eigenvalue weighted by Crippen LogP contribution is -2.24. The molecule has 0 atom stereocenters. The van der Waals surface area contributed by atoms with Crippen LogP contribution in [-0.2, 0) is 11.2 Å². The number of amides is 1. The van der Waals surface area contributed by atoms with Crippen LogP contribution in [0, 0.1) is 5.82 Å². The van der Waals surface area contributed by atoms with Gasteiger partial charge in [-0.1, -0.05) is 33.8 Å². The second-order valence-electron chi connectivity index (χ2n) is 6.23. The Bertz CT molecular complexity index is 1140. The summed E-state index contributed by atoms with van der Waals surface area (Å²) in [6, 6.07) is 13.1. The molecule has 2 heterocycles. The van der Waals surface area contributed by atoms with Crippen molar-refractivity contribution in [2.75, 3.05) is 16.8 Å². The zero-order valence-electron chi connectivity index (χ0n) is 15.0. The second kappa shape index (κ2) is 8.73. The molecule has 148 valence electrons. The van der Waals surface area contributed by atoms with Crippen molar-refractivity contribution < 1.29 is 9.18 Å². The number of anilines is 1. The molecule has 0 fully saturated rings. The van der Waals surface area contributed by atoms with E-state index in [1.54, 1.807) is 10.6 Å². The van der Waals surface area contributed by atoms with Crippen molar-refractivity contribution in [3.63, 3.8) is 0 Å². The number of rotatable bonds is 5. The van der Waals surface area contributed by atoms with Crippen molar-refractivity contribution in [1.29, 1.82) is 0 Å². The van der Waals surface area contributed by atoms with Gasteiger partial charge in [0.25, 0.3) is 5.56 Å². The molecule has 1 aromatic heterocycles. The molecular formula is C20H15BrFN3O2S2. The van der Waals surface area contributed by atoms with Crippen LogP contribution in [0.25, 0.3) is 5.69 Å². The van der Waals surface area contributed by atoms with E-state index in [0.29, 0.717) is 21.4 Å². The van der Waals surface area contributed by atoms with Crippen molar-refractivity contribution in [2.45, 2.75) is 16.5 Å². The lowest BCUT2D eigenvalue weighted by Gasteiger charge is -2.14. The number of fused-ring (bicyclic) bond motifs is 1. The van der Waals surface area contributed by atoms with Gasteiger partial charge in [0.1, 0.15) is 5.82 Å². The van der Waals surface area contributed by atoms with Gasteiger partial charge < -0.3 is 5.32 Å². The van der Waals surface area contributed by atoms with E-state index in [4.69, 9.17) is 0 Å². The van der Waals surface area contributed by atoms with Crippen molar-refractivity contribution in [3.8, 4) is 5.69 Å². The minimum Gasteiger partial charge on any atom is -0.325 e. The fourth-order valence-electron chi connectivity index (χ4n) is 2.90. The van der Waals surface area contributed by atoms with Crippen LogP contribution in [0.15, 0.2) is 67.9 Å². The van der Waals surface area contributed by atoms with Crippen LogP contribution in [-0.4, -0.2) is 27.0 Å². The Morgan fingerprint density at radius 2 is 2.07 bits per heavy atom. The zero-order chi connectivity index (χ0) is 20.4. The fraction of sp³-hybridized carbons (Fsp3) is 0.150. The van der Waals surface area contributed by atoms with Crippen LogP contribution in [0.4, 0.5) is 10.1 Å². The van der Waals surface area contributed by atoms with E-state index in [0.717, 1.165) is 22.3 Å². The number of nitrogens with one attached hydrogen (secondary N) is 1. The number of carbonyl (C=O) groups is 1. The summed E-state index contributed by atoms with van der Waals surface area (Å²) in [6.07, 6.45) is 0.736. The summed E-state index contributed by atoms with van der Waals surface area (Å²) in [4.78, 5) is 30.7. The van der Waals surface area contributed by atoms with E-state index in [-0.39, 0.29) is 17.2 Å². The van der Waals surface area contributed by atoms with Crippen LogP contribution >= 0.6 is 39.5 Å². The summed E-state index contributed by atoms with van der Waals surface area (Å²) >= 11 is 6.10. The molecule has 4 rings (SSSR count). The Morgan fingerprint density at radius 3 is 2.83 bits per heavy atom. The summed E-state index contributed by atoms with van der Waals surface area (Å²) in [6.45, 7) is 0.